The summed E-state index contributed by atoms with van der Waals surface area (Å²) in [6.07, 6.45) is 3.74. The summed E-state index contributed by atoms with van der Waals surface area (Å²) in [5.41, 5.74) is 3.17. The smallest absolute Gasteiger partial charge is 0.337 e. The number of aromatic nitrogens is 4. The summed E-state index contributed by atoms with van der Waals surface area (Å²) in [4.78, 5) is 31.6. The number of rotatable bonds is 6. The van der Waals surface area contributed by atoms with Crippen LogP contribution in [0.1, 0.15) is 44.7 Å². The van der Waals surface area contributed by atoms with Crippen LogP contribution in [0, 0.1) is 5.92 Å². The van der Waals surface area contributed by atoms with Gasteiger partial charge in [-0.15, -0.1) is 0 Å². The predicted octanol–water partition coefficient (Wildman–Crippen LogP) is 4.11. The lowest BCUT2D eigenvalue weighted by atomic mass is 9.87. The summed E-state index contributed by atoms with van der Waals surface area (Å²) >= 11 is 0. The molecule has 5 rings (SSSR count). The molecule has 0 unspecified atom stereocenters. The molecule has 7 heteroatoms. The zero-order chi connectivity index (χ0) is 24.0. The van der Waals surface area contributed by atoms with E-state index in [4.69, 9.17) is 4.74 Å². The Morgan fingerprint density at radius 1 is 1.06 bits per heavy atom. The molecule has 1 saturated carbocycles. The van der Waals surface area contributed by atoms with E-state index in [9.17, 15) is 9.59 Å². The van der Waals surface area contributed by atoms with Crippen LogP contribution < -0.4 is 16.0 Å². The van der Waals surface area contributed by atoms with E-state index in [-0.39, 0.29) is 16.7 Å². The van der Waals surface area contributed by atoms with Crippen molar-refractivity contribution in [2.24, 2.45) is 5.92 Å². The van der Waals surface area contributed by atoms with Crippen LogP contribution in [0.4, 0.5) is 0 Å². The summed E-state index contributed by atoms with van der Waals surface area (Å²) < 4.78 is 10.1. The van der Waals surface area contributed by atoms with Crippen molar-refractivity contribution in [3.05, 3.63) is 86.8 Å². The minimum absolute atomic E-state index is 0.0730. The van der Waals surface area contributed by atoms with Crippen molar-refractivity contribution < 1.29 is 4.74 Å². The number of ether oxygens (including phenoxy) is 1. The van der Waals surface area contributed by atoms with Gasteiger partial charge >= 0.3 is 5.69 Å². The van der Waals surface area contributed by atoms with Crippen molar-refractivity contribution in [1.82, 2.24) is 18.7 Å². The Hall–Kier alpha value is -3.61. The average Bonchev–Trinajstić information content (AvgIpc) is 3.55. The Bertz CT molecular complexity index is 1470. The molecule has 1 fully saturated rings. The fourth-order valence-electron chi connectivity index (χ4n) is 4.31. The molecule has 1 aliphatic rings. The van der Waals surface area contributed by atoms with Gasteiger partial charge in [0.1, 0.15) is 5.75 Å². The number of nitrogens with zero attached hydrogens (tertiary/aromatic N) is 4. The van der Waals surface area contributed by atoms with E-state index in [0.29, 0.717) is 41.6 Å². The maximum atomic E-state index is 13.5. The highest BCUT2D eigenvalue weighted by Crippen LogP contribution is 2.30. The van der Waals surface area contributed by atoms with Crippen LogP contribution >= 0.6 is 0 Å². The molecule has 2 heterocycles. The van der Waals surface area contributed by atoms with E-state index in [2.05, 4.69) is 50.0 Å². The van der Waals surface area contributed by atoms with E-state index >= 15 is 0 Å². The van der Waals surface area contributed by atoms with E-state index in [1.54, 1.807) is 19.5 Å². The molecule has 0 bridgehead atoms. The minimum atomic E-state index is -0.363. The first-order valence-corrected chi connectivity index (χ1v) is 11.7. The maximum absolute atomic E-state index is 13.5. The predicted molar refractivity (Wildman–Crippen MR) is 133 cm³/mol. The fourth-order valence-corrected chi connectivity index (χ4v) is 4.31. The van der Waals surface area contributed by atoms with Crippen molar-refractivity contribution in [2.75, 3.05) is 7.11 Å². The van der Waals surface area contributed by atoms with E-state index in [1.807, 2.05) is 22.8 Å². The van der Waals surface area contributed by atoms with Crippen LogP contribution in [-0.4, -0.2) is 25.8 Å². The van der Waals surface area contributed by atoms with E-state index in [1.165, 1.54) is 14.7 Å². The van der Waals surface area contributed by atoms with E-state index in [0.717, 1.165) is 18.4 Å². The third-order valence-corrected chi connectivity index (χ3v) is 6.52. The number of hydrogen-bond donors (Lipinski definition) is 0. The second-order valence-corrected chi connectivity index (χ2v) is 10.2. The molecule has 0 atom stereocenters. The molecule has 0 saturated heterocycles. The number of methoxy groups -OCH3 is 1. The third-order valence-electron chi connectivity index (χ3n) is 6.52. The largest absolute Gasteiger partial charge is 0.497 e. The van der Waals surface area contributed by atoms with Gasteiger partial charge in [0.15, 0.2) is 11.2 Å². The van der Waals surface area contributed by atoms with Crippen LogP contribution in [0.3, 0.4) is 0 Å². The second kappa shape index (κ2) is 8.31. The molecule has 7 nitrogen and oxygen atoms in total. The summed E-state index contributed by atoms with van der Waals surface area (Å²) in [5, 5.41) is 0. The highest BCUT2D eigenvalue weighted by Gasteiger charge is 2.26. The van der Waals surface area contributed by atoms with Crippen molar-refractivity contribution >= 4 is 11.2 Å². The van der Waals surface area contributed by atoms with Gasteiger partial charge in [0.25, 0.3) is 5.56 Å². The van der Waals surface area contributed by atoms with Gasteiger partial charge in [-0.3, -0.25) is 9.36 Å². The highest BCUT2D eigenvalue weighted by atomic mass is 16.5. The Balaban J connectivity index is 1.66. The molecule has 34 heavy (non-hydrogen) atoms. The summed E-state index contributed by atoms with van der Waals surface area (Å²) in [5.74, 6) is 1.01. The standard InChI is InChI=1S/C27H30N4O3/c1-27(2,3)20-12-10-18(11-13-20)15-29-17-28-24-23(29)25(32)30(16-19-8-9-19)26(33)31(24)21-6-5-7-22(14-21)34-4/h5-7,10-14,17,19H,8-9,15-16H2,1-4H3. The molecular formula is C27H30N4O3. The Morgan fingerprint density at radius 2 is 1.79 bits per heavy atom. The first kappa shape index (κ1) is 22.2. The molecule has 0 radical (unpaired) electrons. The van der Waals surface area contributed by atoms with Gasteiger partial charge in [0.2, 0.25) is 0 Å². The normalized spacial score (nSPS) is 14.0. The summed E-state index contributed by atoms with van der Waals surface area (Å²) in [7, 11) is 1.59. The van der Waals surface area contributed by atoms with Gasteiger partial charge in [0, 0.05) is 19.2 Å². The van der Waals surface area contributed by atoms with Crippen LogP contribution in [0.15, 0.2) is 64.4 Å². The Labute approximate surface area is 198 Å². The highest BCUT2D eigenvalue weighted by molar-refractivity contribution is 5.72. The van der Waals surface area contributed by atoms with Crippen LogP contribution in [0.25, 0.3) is 16.9 Å². The molecule has 4 aromatic rings. The van der Waals surface area contributed by atoms with Crippen LogP contribution in [-0.2, 0) is 18.5 Å². The molecule has 2 aromatic carbocycles. The second-order valence-electron chi connectivity index (χ2n) is 10.2. The van der Waals surface area contributed by atoms with Crippen molar-refractivity contribution in [3.8, 4) is 11.4 Å². The monoisotopic (exact) mass is 458 g/mol. The lowest BCUT2D eigenvalue weighted by Gasteiger charge is -2.19. The maximum Gasteiger partial charge on any atom is 0.337 e. The van der Waals surface area contributed by atoms with Crippen LogP contribution in [0.2, 0.25) is 0 Å². The molecule has 0 N–H and O–H groups in total. The van der Waals surface area contributed by atoms with Crippen molar-refractivity contribution in [1.29, 1.82) is 0 Å². The van der Waals surface area contributed by atoms with Crippen LogP contribution in [0.5, 0.6) is 5.75 Å². The van der Waals surface area contributed by atoms with Gasteiger partial charge in [-0.2, -0.15) is 0 Å². The zero-order valence-corrected chi connectivity index (χ0v) is 20.1. The third kappa shape index (κ3) is 4.06. The molecule has 0 aliphatic heterocycles. The number of imidazole rings is 1. The molecule has 1 aliphatic carbocycles. The van der Waals surface area contributed by atoms with E-state index < -0.39 is 0 Å². The summed E-state index contributed by atoms with van der Waals surface area (Å²) in [6.45, 7) is 7.49. The quantitative estimate of drug-likeness (QED) is 0.436. The first-order chi connectivity index (χ1) is 16.3. The SMILES string of the molecule is COc1cccc(-n2c(=O)n(CC3CC3)c(=O)c3c2ncn3Cc2ccc(C(C)(C)C)cc2)c1. The lowest BCUT2D eigenvalue weighted by Crippen LogP contribution is -2.40. The molecule has 0 amide bonds. The fraction of sp³-hybridized carbons (Fsp3) is 0.370. The molecule has 2 aromatic heterocycles. The number of fused-ring (bicyclic) bond motifs is 1. The Morgan fingerprint density at radius 3 is 2.44 bits per heavy atom. The summed E-state index contributed by atoms with van der Waals surface area (Å²) in [6, 6.07) is 15.7. The van der Waals surface area contributed by atoms with Crippen molar-refractivity contribution in [2.45, 2.75) is 52.1 Å². The number of benzene rings is 2. The molecule has 0 spiro atoms. The van der Waals surface area contributed by atoms with Gasteiger partial charge in [0.05, 0.1) is 19.1 Å². The van der Waals surface area contributed by atoms with Gasteiger partial charge in [-0.25, -0.2) is 14.3 Å². The zero-order valence-electron chi connectivity index (χ0n) is 20.1. The van der Waals surface area contributed by atoms with Gasteiger partial charge in [-0.05, 0) is 47.4 Å². The van der Waals surface area contributed by atoms with Crippen molar-refractivity contribution in [3.63, 3.8) is 0 Å². The molecular weight excluding hydrogens is 428 g/mol. The first-order valence-electron chi connectivity index (χ1n) is 11.7. The topological polar surface area (TPSA) is 71.1 Å². The number of hydrogen-bond acceptors (Lipinski definition) is 4. The Kier molecular flexibility index (Phi) is 5.42. The lowest BCUT2D eigenvalue weighted by molar-refractivity contribution is 0.414. The van der Waals surface area contributed by atoms with Gasteiger partial charge < -0.3 is 9.30 Å². The molecule has 176 valence electrons. The minimum Gasteiger partial charge on any atom is -0.497 e. The average molecular weight is 459 g/mol. The van der Waals surface area contributed by atoms with Gasteiger partial charge in [-0.1, -0.05) is 51.1 Å².